The number of fused-ring (bicyclic) bond motifs is 1. The van der Waals surface area contributed by atoms with E-state index in [1.165, 1.54) is 14.2 Å². The molecule has 0 heterocycles. The number of ketones is 1. The van der Waals surface area contributed by atoms with Gasteiger partial charge in [0.25, 0.3) is 0 Å². The quantitative estimate of drug-likeness (QED) is 0.457. The van der Waals surface area contributed by atoms with Gasteiger partial charge in [0.15, 0.2) is 23.9 Å². The van der Waals surface area contributed by atoms with Crippen LogP contribution in [-0.4, -0.2) is 39.7 Å². The van der Waals surface area contributed by atoms with Gasteiger partial charge >= 0.3 is 5.97 Å². The zero-order valence-corrected chi connectivity index (χ0v) is 15.9. The highest BCUT2D eigenvalue weighted by Gasteiger charge is 2.17. The maximum atomic E-state index is 12.6. The van der Waals surface area contributed by atoms with E-state index in [0.29, 0.717) is 33.8 Å². The first-order valence-electron chi connectivity index (χ1n) is 8.57. The fourth-order valence-electron chi connectivity index (χ4n) is 2.93. The molecule has 6 heteroatoms. The summed E-state index contributed by atoms with van der Waals surface area (Å²) < 4.78 is 20.9. The van der Waals surface area contributed by atoms with Gasteiger partial charge in [0.05, 0.1) is 26.9 Å². The van der Waals surface area contributed by atoms with Gasteiger partial charge in [-0.25, -0.2) is 4.79 Å². The maximum absolute atomic E-state index is 12.6. The van der Waals surface area contributed by atoms with Crippen molar-refractivity contribution in [2.45, 2.75) is 0 Å². The zero-order valence-electron chi connectivity index (χ0n) is 15.9. The number of ether oxygens (including phenoxy) is 4. The Bertz CT molecular complexity index is 1020. The number of hydrogen-bond donors (Lipinski definition) is 0. The van der Waals surface area contributed by atoms with Gasteiger partial charge in [-0.05, 0) is 35.7 Å². The van der Waals surface area contributed by atoms with Crippen LogP contribution in [0.15, 0.2) is 54.6 Å². The summed E-state index contributed by atoms with van der Waals surface area (Å²) in [6.45, 7) is -0.380. The highest BCUT2D eigenvalue weighted by Crippen LogP contribution is 2.29. The molecule has 3 aromatic carbocycles. The largest absolute Gasteiger partial charge is 0.496 e. The number of rotatable bonds is 7. The van der Waals surface area contributed by atoms with E-state index in [1.54, 1.807) is 37.4 Å². The lowest BCUT2D eigenvalue weighted by Gasteiger charge is -2.11. The Morgan fingerprint density at radius 2 is 1.39 bits per heavy atom. The van der Waals surface area contributed by atoms with E-state index in [4.69, 9.17) is 18.9 Å². The minimum atomic E-state index is -0.576. The summed E-state index contributed by atoms with van der Waals surface area (Å²) >= 11 is 0. The van der Waals surface area contributed by atoms with Crippen molar-refractivity contribution < 1.29 is 28.5 Å². The van der Waals surface area contributed by atoms with Crippen molar-refractivity contribution in [3.63, 3.8) is 0 Å². The molecule has 0 saturated heterocycles. The lowest BCUT2D eigenvalue weighted by Crippen LogP contribution is -2.14. The smallest absolute Gasteiger partial charge is 0.339 e. The SMILES string of the molecule is COc1ccc(C(=O)COC(=O)c2ccc(OC)c3ccccc23)cc1OC. The molecular weight excluding hydrogens is 360 g/mol. The Kier molecular flexibility index (Phi) is 5.79. The van der Waals surface area contributed by atoms with Crippen molar-refractivity contribution in [2.75, 3.05) is 27.9 Å². The minimum Gasteiger partial charge on any atom is -0.496 e. The van der Waals surface area contributed by atoms with E-state index >= 15 is 0 Å². The summed E-state index contributed by atoms with van der Waals surface area (Å²) in [4.78, 5) is 25.0. The van der Waals surface area contributed by atoms with Crippen LogP contribution >= 0.6 is 0 Å². The second-order valence-corrected chi connectivity index (χ2v) is 5.93. The Balaban J connectivity index is 1.78. The molecule has 28 heavy (non-hydrogen) atoms. The molecule has 0 saturated carbocycles. The zero-order chi connectivity index (χ0) is 20.1. The average molecular weight is 380 g/mol. The molecule has 0 N–H and O–H groups in total. The van der Waals surface area contributed by atoms with E-state index in [0.717, 1.165) is 5.39 Å². The molecule has 0 spiro atoms. The van der Waals surface area contributed by atoms with Crippen LogP contribution < -0.4 is 14.2 Å². The van der Waals surface area contributed by atoms with Crippen molar-refractivity contribution in [2.24, 2.45) is 0 Å². The van der Waals surface area contributed by atoms with Crippen LogP contribution in [0.4, 0.5) is 0 Å². The van der Waals surface area contributed by atoms with Crippen LogP contribution in [0.25, 0.3) is 10.8 Å². The van der Waals surface area contributed by atoms with Gasteiger partial charge in [0, 0.05) is 10.9 Å². The summed E-state index contributed by atoms with van der Waals surface area (Å²) in [5, 5.41) is 1.50. The molecule has 0 aliphatic rings. The normalized spacial score (nSPS) is 10.4. The number of carbonyl (C=O) groups is 2. The van der Waals surface area contributed by atoms with Crippen molar-refractivity contribution in [3.05, 3.63) is 65.7 Å². The Morgan fingerprint density at radius 3 is 2.07 bits per heavy atom. The van der Waals surface area contributed by atoms with Crippen molar-refractivity contribution in [3.8, 4) is 17.2 Å². The van der Waals surface area contributed by atoms with Gasteiger partial charge < -0.3 is 18.9 Å². The lowest BCUT2D eigenvalue weighted by atomic mass is 10.0. The van der Waals surface area contributed by atoms with Crippen molar-refractivity contribution in [1.82, 2.24) is 0 Å². The van der Waals surface area contributed by atoms with Gasteiger partial charge in [0.1, 0.15) is 5.75 Å². The topological polar surface area (TPSA) is 71.1 Å². The van der Waals surface area contributed by atoms with E-state index in [2.05, 4.69) is 0 Å². The predicted molar refractivity (Wildman–Crippen MR) is 105 cm³/mol. The van der Waals surface area contributed by atoms with E-state index < -0.39 is 5.97 Å². The molecule has 0 atom stereocenters. The van der Waals surface area contributed by atoms with E-state index in [9.17, 15) is 9.59 Å². The molecule has 3 rings (SSSR count). The Morgan fingerprint density at radius 1 is 0.750 bits per heavy atom. The monoisotopic (exact) mass is 380 g/mol. The Labute approximate surface area is 162 Å². The maximum Gasteiger partial charge on any atom is 0.339 e. The third kappa shape index (κ3) is 3.76. The molecule has 6 nitrogen and oxygen atoms in total. The lowest BCUT2D eigenvalue weighted by molar-refractivity contribution is 0.0476. The van der Waals surface area contributed by atoms with Crippen LogP contribution in [0.3, 0.4) is 0 Å². The summed E-state index contributed by atoms with van der Waals surface area (Å²) in [6.07, 6.45) is 0. The molecule has 0 aromatic heterocycles. The van der Waals surface area contributed by atoms with E-state index in [-0.39, 0.29) is 12.4 Å². The molecule has 0 fully saturated rings. The Hall–Kier alpha value is -3.54. The number of carbonyl (C=O) groups excluding carboxylic acids is 2. The highest BCUT2D eigenvalue weighted by molar-refractivity contribution is 6.07. The summed E-state index contributed by atoms with van der Waals surface area (Å²) in [7, 11) is 4.57. The number of benzene rings is 3. The molecule has 0 aliphatic carbocycles. The van der Waals surface area contributed by atoms with E-state index in [1.807, 2.05) is 24.3 Å². The first-order chi connectivity index (χ1) is 13.6. The first-order valence-corrected chi connectivity index (χ1v) is 8.57. The van der Waals surface area contributed by atoms with Gasteiger partial charge in [0.2, 0.25) is 0 Å². The fraction of sp³-hybridized carbons (Fsp3) is 0.182. The number of methoxy groups -OCH3 is 3. The average Bonchev–Trinajstić information content (AvgIpc) is 2.75. The summed E-state index contributed by atoms with van der Waals surface area (Å²) in [5.74, 6) is 0.690. The van der Waals surface area contributed by atoms with Crippen LogP contribution in [0.2, 0.25) is 0 Å². The molecule has 144 valence electrons. The van der Waals surface area contributed by atoms with Crippen LogP contribution in [0.5, 0.6) is 17.2 Å². The first kappa shape index (κ1) is 19.2. The molecule has 3 aromatic rings. The second kappa shape index (κ2) is 8.43. The minimum absolute atomic E-state index is 0.341. The summed E-state index contributed by atoms with van der Waals surface area (Å²) in [6, 6.07) is 15.5. The third-order valence-corrected chi connectivity index (χ3v) is 4.36. The standard InChI is InChI=1S/C22H20O6/c1-25-19-11-9-17(15-6-4-5-7-16(15)19)22(24)28-13-18(23)14-8-10-20(26-2)21(12-14)27-3/h4-12H,13H2,1-3H3. The molecule has 0 radical (unpaired) electrons. The van der Waals surface area contributed by atoms with Crippen LogP contribution in [0, 0.1) is 0 Å². The molecule has 0 aliphatic heterocycles. The molecule has 0 unspecified atom stereocenters. The predicted octanol–water partition coefficient (Wildman–Crippen LogP) is 3.91. The van der Waals surface area contributed by atoms with Crippen LogP contribution in [0.1, 0.15) is 20.7 Å². The van der Waals surface area contributed by atoms with Crippen LogP contribution in [-0.2, 0) is 4.74 Å². The van der Waals surface area contributed by atoms with Gasteiger partial charge in [-0.2, -0.15) is 0 Å². The van der Waals surface area contributed by atoms with Gasteiger partial charge in [-0.15, -0.1) is 0 Å². The van der Waals surface area contributed by atoms with Gasteiger partial charge in [-0.3, -0.25) is 4.79 Å². The molecule has 0 bridgehead atoms. The van der Waals surface area contributed by atoms with Crippen molar-refractivity contribution >= 4 is 22.5 Å². The van der Waals surface area contributed by atoms with Gasteiger partial charge in [-0.1, -0.05) is 24.3 Å². The molecular formula is C22H20O6. The third-order valence-electron chi connectivity index (χ3n) is 4.36. The number of hydrogen-bond acceptors (Lipinski definition) is 6. The highest BCUT2D eigenvalue weighted by atomic mass is 16.5. The number of esters is 1. The second-order valence-electron chi connectivity index (χ2n) is 5.93. The summed E-state index contributed by atoms with van der Waals surface area (Å²) in [5.41, 5.74) is 0.738. The van der Waals surface area contributed by atoms with Crippen molar-refractivity contribution in [1.29, 1.82) is 0 Å². The molecule has 0 amide bonds. The fourth-order valence-corrected chi connectivity index (χ4v) is 2.93. The number of Topliss-reactive ketones (excluding diaryl/α,β-unsaturated/α-hetero) is 1.